The van der Waals surface area contributed by atoms with Gasteiger partial charge in [0.2, 0.25) is 0 Å². The molecule has 0 saturated carbocycles. The summed E-state index contributed by atoms with van der Waals surface area (Å²) in [7, 11) is 0. The van der Waals surface area contributed by atoms with Crippen molar-refractivity contribution < 1.29 is 19.1 Å². The Morgan fingerprint density at radius 1 is 1.43 bits per heavy atom. The Morgan fingerprint density at radius 3 is 2.86 bits per heavy atom. The standard InChI is InChI=1S/C15H19FN2O3/c1-2-11-5-3-4-8-18(11)15(21)17-13-9-10(14(19)20)6-7-12(13)16/h6-7,9,11H,2-5,8H2,1H3,(H,17,21)(H,19,20). The summed E-state index contributed by atoms with van der Waals surface area (Å²) in [6.07, 6.45) is 3.82. The molecule has 0 aromatic heterocycles. The molecule has 1 saturated heterocycles. The molecule has 1 aliphatic rings. The van der Waals surface area contributed by atoms with Gasteiger partial charge in [-0.3, -0.25) is 0 Å². The Balaban J connectivity index is 2.15. The number of hydrogen-bond acceptors (Lipinski definition) is 2. The Bertz CT molecular complexity index is 548. The first-order valence-corrected chi connectivity index (χ1v) is 7.13. The number of amides is 2. The Kier molecular flexibility index (Phi) is 4.77. The average Bonchev–Trinajstić information content (AvgIpc) is 2.49. The van der Waals surface area contributed by atoms with E-state index >= 15 is 0 Å². The summed E-state index contributed by atoms with van der Waals surface area (Å²) in [5.74, 6) is -1.80. The number of anilines is 1. The van der Waals surface area contributed by atoms with Gasteiger partial charge in [-0.15, -0.1) is 0 Å². The van der Waals surface area contributed by atoms with Crippen LogP contribution >= 0.6 is 0 Å². The minimum absolute atomic E-state index is 0.0580. The van der Waals surface area contributed by atoms with E-state index in [2.05, 4.69) is 5.32 Å². The first-order valence-electron chi connectivity index (χ1n) is 7.13. The molecule has 0 aliphatic carbocycles. The highest BCUT2D eigenvalue weighted by Gasteiger charge is 2.25. The van der Waals surface area contributed by atoms with Gasteiger partial charge in [0.1, 0.15) is 5.82 Å². The maximum Gasteiger partial charge on any atom is 0.335 e. The number of nitrogens with one attached hydrogen (secondary N) is 1. The van der Waals surface area contributed by atoms with Crippen LogP contribution in [0.3, 0.4) is 0 Å². The highest BCUT2D eigenvalue weighted by atomic mass is 19.1. The number of hydrogen-bond donors (Lipinski definition) is 2. The SMILES string of the molecule is CCC1CCCCN1C(=O)Nc1cc(C(=O)O)ccc1F. The Labute approximate surface area is 122 Å². The summed E-state index contributed by atoms with van der Waals surface area (Å²) in [5, 5.41) is 11.4. The molecular formula is C15H19FN2O3. The van der Waals surface area contributed by atoms with Crippen molar-refractivity contribution in [3.8, 4) is 0 Å². The number of aromatic carboxylic acids is 1. The van der Waals surface area contributed by atoms with E-state index in [4.69, 9.17) is 5.11 Å². The predicted octanol–water partition coefficient (Wildman–Crippen LogP) is 3.32. The topological polar surface area (TPSA) is 69.6 Å². The fourth-order valence-corrected chi connectivity index (χ4v) is 2.63. The first kappa shape index (κ1) is 15.3. The maximum absolute atomic E-state index is 13.7. The molecule has 1 fully saturated rings. The van der Waals surface area contributed by atoms with E-state index in [1.807, 2.05) is 6.92 Å². The molecule has 114 valence electrons. The molecule has 2 amide bonds. The quantitative estimate of drug-likeness (QED) is 0.898. The van der Waals surface area contributed by atoms with Gasteiger partial charge in [0.25, 0.3) is 0 Å². The predicted molar refractivity (Wildman–Crippen MR) is 77.0 cm³/mol. The third-order valence-corrected chi connectivity index (χ3v) is 3.81. The lowest BCUT2D eigenvalue weighted by Gasteiger charge is -2.35. The summed E-state index contributed by atoms with van der Waals surface area (Å²) in [6.45, 7) is 2.66. The fourth-order valence-electron chi connectivity index (χ4n) is 2.63. The van der Waals surface area contributed by atoms with Crippen LogP contribution in [0.1, 0.15) is 43.0 Å². The van der Waals surface area contributed by atoms with Crippen LogP contribution in [0, 0.1) is 5.82 Å². The molecule has 0 radical (unpaired) electrons. The zero-order valence-electron chi connectivity index (χ0n) is 11.9. The molecule has 1 aromatic carbocycles. The number of carboxylic acids is 1. The van der Waals surface area contributed by atoms with Crippen molar-refractivity contribution >= 4 is 17.7 Å². The fraction of sp³-hybridized carbons (Fsp3) is 0.467. The van der Waals surface area contributed by atoms with Crippen LogP contribution in [0.15, 0.2) is 18.2 Å². The van der Waals surface area contributed by atoms with Crippen LogP contribution in [0.2, 0.25) is 0 Å². The molecule has 1 atom stereocenters. The van der Waals surface area contributed by atoms with E-state index in [0.717, 1.165) is 37.8 Å². The zero-order chi connectivity index (χ0) is 15.4. The number of rotatable bonds is 3. The van der Waals surface area contributed by atoms with Crippen LogP contribution in [0.4, 0.5) is 14.9 Å². The number of piperidine rings is 1. The monoisotopic (exact) mass is 294 g/mol. The summed E-state index contributed by atoms with van der Waals surface area (Å²) < 4.78 is 13.7. The van der Waals surface area contributed by atoms with Crippen molar-refractivity contribution in [2.75, 3.05) is 11.9 Å². The van der Waals surface area contributed by atoms with Crippen molar-refractivity contribution in [3.05, 3.63) is 29.6 Å². The van der Waals surface area contributed by atoms with Crippen molar-refractivity contribution in [2.24, 2.45) is 0 Å². The number of urea groups is 1. The number of carboxylic acid groups (broad SMARTS) is 1. The van der Waals surface area contributed by atoms with E-state index in [1.54, 1.807) is 4.90 Å². The third-order valence-electron chi connectivity index (χ3n) is 3.81. The van der Waals surface area contributed by atoms with Crippen molar-refractivity contribution in [3.63, 3.8) is 0 Å². The lowest BCUT2D eigenvalue weighted by atomic mass is 10.0. The Morgan fingerprint density at radius 2 is 2.19 bits per heavy atom. The highest BCUT2D eigenvalue weighted by molar-refractivity contribution is 5.93. The molecule has 1 heterocycles. The van der Waals surface area contributed by atoms with E-state index in [1.165, 1.54) is 6.07 Å². The lowest BCUT2D eigenvalue weighted by molar-refractivity contribution is 0.0696. The second-order valence-electron chi connectivity index (χ2n) is 5.18. The van der Waals surface area contributed by atoms with Crippen molar-refractivity contribution in [1.29, 1.82) is 0 Å². The van der Waals surface area contributed by atoms with Gasteiger partial charge in [0, 0.05) is 12.6 Å². The number of carbonyl (C=O) groups is 2. The molecule has 2 N–H and O–H groups in total. The van der Waals surface area contributed by atoms with Gasteiger partial charge in [-0.1, -0.05) is 6.92 Å². The number of benzene rings is 1. The highest BCUT2D eigenvalue weighted by Crippen LogP contribution is 2.22. The molecule has 1 aromatic rings. The van der Waals surface area contributed by atoms with Gasteiger partial charge in [-0.05, 0) is 43.9 Å². The zero-order valence-corrected chi connectivity index (χ0v) is 11.9. The minimum Gasteiger partial charge on any atom is -0.478 e. The molecule has 5 nitrogen and oxygen atoms in total. The molecule has 2 rings (SSSR count). The molecule has 0 bridgehead atoms. The Hall–Kier alpha value is -2.11. The van der Waals surface area contributed by atoms with Crippen molar-refractivity contribution in [2.45, 2.75) is 38.6 Å². The van der Waals surface area contributed by atoms with Crippen LogP contribution in [0.25, 0.3) is 0 Å². The van der Waals surface area contributed by atoms with Gasteiger partial charge in [-0.2, -0.15) is 0 Å². The summed E-state index contributed by atoms with van der Waals surface area (Å²) in [6, 6.07) is 3.14. The van der Waals surface area contributed by atoms with E-state index in [9.17, 15) is 14.0 Å². The number of nitrogens with zero attached hydrogens (tertiary/aromatic N) is 1. The van der Waals surface area contributed by atoms with E-state index in [0.29, 0.717) is 6.54 Å². The number of carbonyl (C=O) groups excluding carboxylic acids is 1. The largest absolute Gasteiger partial charge is 0.478 e. The lowest BCUT2D eigenvalue weighted by Crippen LogP contribution is -2.45. The number of halogens is 1. The summed E-state index contributed by atoms with van der Waals surface area (Å²) >= 11 is 0. The van der Waals surface area contributed by atoms with Gasteiger partial charge in [-0.25, -0.2) is 14.0 Å². The third kappa shape index (κ3) is 3.51. The van der Waals surface area contributed by atoms with Gasteiger partial charge in [0.15, 0.2) is 0 Å². The van der Waals surface area contributed by atoms with Crippen molar-refractivity contribution in [1.82, 2.24) is 4.90 Å². The first-order chi connectivity index (χ1) is 10.0. The van der Waals surface area contributed by atoms with E-state index in [-0.39, 0.29) is 23.3 Å². The van der Waals surface area contributed by atoms with Crippen LogP contribution in [-0.4, -0.2) is 34.6 Å². The maximum atomic E-state index is 13.7. The second-order valence-corrected chi connectivity index (χ2v) is 5.18. The second kappa shape index (κ2) is 6.56. The van der Waals surface area contributed by atoms with Gasteiger partial charge in [0.05, 0.1) is 11.3 Å². The summed E-state index contributed by atoms with van der Waals surface area (Å²) in [5.41, 5.74) is -0.155. The number of likely N-dealkylation sites (tertiary alicyclic amines) is 1. The smallest absolute Gasteiger partial charge is 0.335 e. The van der Waals surface area contributed by atoms with Crippen LogP contribution in [-0.2, 0) is 0 Å². The molecule has 6 heteroatoms. The van der Waals surface area contributed by atoms with Gasteiger partial charge < -0.3 is 15.3 Å². The average molecular weight is 294 g/mol. The van der Waals surface area contributed by atoms with Crippen LogP contribution < -0.4 is 5.32 Å². The summed E-state index contributed by atoms with van der Waals surface area (Å²) in [4.78, 5) is 24.9. The molecule has 0 spiro atoms. The normalized spacial score (nSPS) is 18.4. The minimum atomic E-state index is -1.16. The van der Waals surface area contributed by atoms with Crippen LogP contribution in [0.5, 0.6) is 0 Å². The molecular weight excluding hydrogens is 275 g/mol. The van der Waals surface area contributed by atoms with E-state index < -0.39 is 11.8 Å². The molecule has 1 aliphatic heterocycles. The van der Waals surface area contributed by atoms with Gasteiger partial charge >= 0.3 is 12.0 Å². The molecule has 21 heavy (non-hydrogen) atoms. The molecule has 1 unspecified atom stereocenters.